The van der Waals surface area contributed by atoms with Gasteiger partial charge in [-0.15, -0.1) is 11.3 Å². The van der Waals surface area contributed by atoms with Crippen LogP contribution in [0.15, 0.2) is 36.5 Å². The lowest BCUT2D eigenvalue weighted by molar-refractivity contribution is 0.0572. The molecule has 1 saturated heterocycles. The number of thiophene rings is 1. The smallest absolute Gasteiger partial charge is 0.264 e. The van der Waals surface area contributed by atoms with Gasteiger partial charge in [0.2, 0.25) is 0 Å². The van der Waals surface area contributed by atoms with Crippen LogP contribution in [0.1, 0.15) is 25.7 Å². The highest BCUT2D eigenvalue weighted by Crippen LogP contribution is 2.37. The number of amides is 2. The Labute approximate surface area is 199 Å². The van der Waals surface area contributed by atoms with Gasteiger partial charge < -0.3 is 29.7 Å². The number of carbonyl (C=O) groups excluding carboxylic acids is 2. The highest BCUT2D eigenvalue weighted by Gasteiger charge is 2.33. The number of benzene rings is 1. The zero-order chi connectivity index (χ0) is 24.1. The van der Waals surface area contributed by atoms with Gasteiger partial charge in [-0.3, -0.25) is 14.6 Å². The number of fused-ring (bicyclic) bond motifs is 2. The maximum absolute atomic E-state index is 12.9. The molecule has 176 valence electrons. The van der Waals surface area contributed by atoms with Gasteiger partial charge in [-0.1, -0.05) is 0 Å². The van der Waals surface area contributed by atoms with Gasteiger partial charge in [0, 0.05) is 56.6 Å². The number of likely N-dealkylation sites (tertiary alicyclic amines) is 1. The third kappa shape index (κ3) is 3.60. The van der Waals surface area contributed by atoms with Gasteiger partial charge in [0.05, 0.1) is 38.4 Å². The summed E-state index contributed by atoms with van der Waals surface area (Å²) in [5.41, 5.74) is 2.99. The number of hydrogen-bond acceptors (Lipinski definition) is 7. The number of nitrogens with zero attached hydrogens (tertiary/aromatic N) is 3. The number of rotatable bonds is 4. The van der Waals surface area contributed by atoms with Crippen molar-refractivity contribution >= 4 is 44.3 Å². The molecule has 34 heavy (non-hydrogen) atoms. The van der Waals surface area contributed by atoms with Gasteiger partial charge >= 0.3 is 0 Å². The zero-order valence-corrected chi connectivity index (χ0v) is 19.7. The van der Waals surface area contributed by atoms with E-state index in [1.165, 1.54) is 16.2 Å². The number of aromatic nitrogens is 2. The Balaban J connectivity index is 1.48. The van der Waals surface area contributed by atoms with Crippen LogP contribution in [0.3, 0.4) is 0 Å². The van der Waals surface area contributed by atoms with E-state index in [-0.39, 0.29) is 24.9 Å². The number of hydrogen-bond donors (Lipinski definition) is 3. The Morgan fingerprint density at radius 2 is 1.91 bits per heavy atom. The number of aliphatic hydroxyl groups excluding tert-OH is 2. The number of ether oxygens (including phenoxy) is 1. The second-order valence-corrected chi connectivity index (χ2v) is 9.41. The number of carbonyl (C=O) groups is 2. The number of aryl methyl sites for hydroxylation is 1. The summed E-state index contributed by atoms with van der Waals surface area (Å²) in [5, 5.41) is 23.1. The summed E-state index contributed by atoms with van der Waals surface area (Å²) in [5.74, 6) is 0.761. The largest absolute Gasteiger partial charge is 0.456 e. The molecular formula is C24H24N4O5S. The van der Waals surface area contributed by atoms with Crippen LogP contribution in [-0.2, 0) is 7.05 Å². The van der Waals surface area contributed by atoms with Crippen LogP contribution in [0.5, 0.6) is 11.5 Å². The fraction of sp³-hybridized carbons (Fsp3) is 0.292. The van der Waals surface area contributed by atoms with E-state index in [1.54, 1.807) is 25.4 Å². The van der Waals surface area contributed by atoms with Crippen molar-refractivity contribution in [2.75, 3.05) is 20.1 Å². The van der Waals surface area contributed by atoms with Crippen molar-refractivity contribution in [3.8, 4) is 11.5 Å². The normalized spacial score (nSPS) is 18.1. The maximum atomic E-state index is 12.9. The molecule has 0 bridgehead atoms. The van der Waals surface area contributed by atoms with E-state index in [0.29, 0.717) is 27.5 Å². The molecule has 0 radical (unpaired) electrons. The molecule has 1 aliphatic heterocycles. The van der Waals surface area contributed by atoms with Gasteiger partial charge in [0.25, 0.3) is 11.8 Å². The van der Waals surface area contributed by atoms with Crippen LogP contribution in [0.25, 0.3) is 21.1 Å². The topological polar surface area (TPSA) is 117 Å². The van der Waals surface area contributed by atoms with E-state index < -0.39 is 12.2 Å². The zero-order valence-electron chi connectivity index (χ0n) is 18.9. The quantitative estimate of drug-likeness (QED) is 0.413. The third-order valence-electron chi connectivity index (χ3n) is 6.28. The number of pyridine rings is 1. The molecule has 4 aromatic rings. The Bertz CT molecular complexity index is 1430. The molecule has 4 heterocycles. The van der Waals surface area contributed by atoms with Crippen molar-refractivity contribution < 1.29 is 24.5 Å². The summed E-state index contributed by atoms with van der Waals surface area (Å²) in [6.45, 7) is 2.10. The van der Waals surface area contributed by atoms with Gasteiger partial charge in [-0.2, -0.15) is 0 Å². The minimum absolute atomic E-state index is 0.0964. The molecule has 2 unspecified atom stereocenters. The maximum Gasteiger partial charge on any atom is 0.264 e. The van der Waals surface area contributed by atoms with E-state index in [2.05, 4.69) is 10.3 Å². The molecule has 10 heteroatoms. The molecule has 3 N–H and O–H groups in total. The van der Waals surface area contributed by atoms with Crippen molar-refractivity contribution in [1.82, 2.24) is 19.8 Å². The Kier molecular flexibility index (Phi) is 5.51. The average molecular weight is 481 g/mol. The fourth-order valence-corrected chi connectivity index (χ4v) is 5.37. The molecule has 1 aromatic carbocycles. The minimum atomic E-state index is -0.935. The molecule has 1 aliphatic rings. The van der Waals surface area contributed by atoms with E-state index in [0.717, 1.165) is 21.3 Å². The second-order valence-electron chi connectivity index (χ2n) is 8.36. The van der Waals surface area contributed by atoms with Crippen LogP contribution in [0.4, 0.5) is 0 Å². The van der Waals surface area contributed by atoms with Gasteiger partial charge in [-0.05, 0) is 25.1 Å². The SMILES string of the molecule is CNC(=O)c1c(C)n(C)c2cc(Oc3ccnc4cc(C(=O)N5CC(O)C(O)C5)sc34)ccc12. The number of β-amino-alcohol motifs (C(OH)–C–C–N with tert-alkyl or cyclic N) is 2. The monoisotopic (exact) mass is 480 g/mol. The molecule has 1 fully saturated rings. The van der Waals surface area contributed by atoms with Crippen molar-refractivity contribution in [2.45, 2.75) is 19.1 Å². The van der Waals surface area contributed by atoms with Crippen LogP contribution in [0, 0.1) is 6.92 Å². The first-order valence-corrected chi connectivity index (χ1v) is 11.6. The molecule has 9 nitrogen and oxygen atoms in total. The minimum Gasteiger partial charge on any atom is -0.456 e. The Morgan fingerprint density at radius 3 is 2.62 bits per heavy atom. The first-order valence-electron chi connectivity index (χ1n) is 10.8. The highest BCUT2D eigenvalue weighted by atomic mass is 32.1. The number of aliphatic hydroxyl groups is 2. The average Bonchev–Trinajstić information content (AvgIpc) is 3.48. The van der Waals surface area contributed by atoms with E-state index in [4.69, 9.17) is 4.74 Å². The summed E-state index contributed by atoms with van der Waals surface area (Å²) in [6, 6.07) is 9.01. The van der Waals surface area contributed by atoms with Crippen LogP contribution < -0.4 is 10.1 Å². The molecule has 0 aliphatic carbocycles. The summed E-state index contributed by atoms with van der Waals surface area (Å²) in [6.07, 6.45) is -0.248. The summed E-state index contributed by atoms with van der Waals surface area (Å²) < 4.78 is 8.87. The van der Waals surface area contributed by atoms with Crippen LogP contribution in [-0.4, -0.2) is 68.8 Å². The van der Waals surface area contributed by atoms with Crippen molar-refractivity contribution in [2.24, 2.45) is 7.05 Å². The van der Waals surface area contributed by atoms with Gasteiger partial charge in [0.1, 0.15) is 11.5 Å². The van der Waals surface area contributed by atoms with Crippen molar-refractivity contribution in [3.63, 3.8) is 0 Å². The lowest BCUT2D eigenvalue weighted by atomic mass is 10.1. The molecule has 2 amide bonds. The van der Waals surface area contributed by atoms with Gasteiger partial charge in [-0.25, -0.2) is 0 Å². The first kappa shape index (κ1) is 22.3. The predicted octanol–water partition coefficient (Wildman–Crippen LogP) is 2.43. The van der Waals surface area contributed by atoms with Crippen LogP contribution >= 0.6 is 11.3 Å². The lowest BCUT2D eigenvalue weighted by Gasteiger charge is -2.13. The summed E-state index contributed by atoms with van der Waals surface area (Å²) in [7, 11) is 3.52. The van der Waals surface area contributed by atoms with E-state index >= 15 is 0 Å². The Morgan fingerprint density at radius 1 is 1.18 bits per heavy atom. The molecule has 5 rings (SSSR count). The molecule has 3 aromatic heterocycles. The number of nitrogens with one attached hydrogen (secondary N) is 1. The third-order valence-corrected chi connectivity index (χ3v) is 7.41. The molecular weight excluding hydrogens is 456 g/mol. The van der Waals surface area contributed by atoms with Crippen LogP contribution in [0.2, 0.25) is 0 Å². The highest BCUT2D eigenvalue weighted by molar-refractivity contribution is 7.21. The first-order chi connectivity index (χ1) is 16.3. The second kappa shape index (κ2) is 8.39. The molecule has 2 atom stereocenters. The lowest BCUT2D eigenvalue weighted by Crippen LogP contribution is -2.29. The Hall–Kier alpha value is -3.47. The standard InChI is InChI=1S/C24H24N4O5S/c1-12-21(23(31)25-2)14-5-4-13(8-16(14)27(12)3)33-19-6-7-26-15-9-20(34-22(15)19)24(32)28-10-17(29)18(30)11-28/h4-9,17-18,29-30H,10-11H2,1-3H3,(H,25,31). The fourth-order valence-electron chi connectivity index (χ4n) is 4.34. The summed E-state index contributed by atoms with van der Waals surface area (Å²) in [4.78, 5) is 31.5. The summed E-state index contributed by atoms with van der Waals surface area (Å²) >= 11 is 1.26. The predicted molar refractivity (Wildman–Crippen MR) is 129 cm³/mol. The molecule has 0 saturated carbocycles. The van der Waals surface area contributed by atoms with Gasteiger partial charge in [0.15, 0.2) is 0 Å². The van der Waals surface area contributed by atoms with E-state index in [1.807, 2.05) is 36.7 Å². The molecule has 0 spiro atoms. The van der Waals surface area contributed by atoms with Crippen molar-refractivity contribution in [3.05, 3.63) is 52.7 Å². The van der Waals surface area contributed by atoms with E-state index in [9.17, 15) is 19.8 Å². The van der Waals surface area contributed by atoms with Crippen molar-refractivity contribution in [1.29, 1.82) is 0 Å².